The van der Waals surface area contributed by atoms with Crippen molar-refractivity contribution in [1.82, 2.24) is 9.97 Å². The number of pyridine rings is 1. The van der Waals surface area contributed by atoms with E-state index in [1.807, 2.05) is 36.7 Å². The van der Waals surface area contributed by atoms with Crippen LogP contribution in [-0.4, -0.2) is 46.0 Å². The molecule has 4 rings (SSSR count). The molecular weight excluding hydrogens is 386 g/mol. The van der Waals surface area contributed by atoms with Gasteiger partial charge in [0.25, 0.3) is 0 Å². The number of hydrogen-bond donors (Lipinski definition) is 1. The molecule has 8 heteroatoms. The van der Waals surface area contributed by atoms with Gasteiger partial charge in [-0.05, 0) is 44.9 Å². The van der Waals surface area contributed by atoms with Crippen molar-refractivity contribution in [1.29, 1.82) is 0 Å². The van der Waals surface area contributed by atoms with Crippen molar-refractivity contribution in [2.75, 3.05) is 23.3 Å². The summed E-state index contributed by atoms with van der Waals surface area (Å²) < 4.78 is 0. The molecule has 4 heterocycles. The third-order valence-electron chi connectivity index (χ3n) is 5.30. The number of nitrogens with one attached hydrogen (secondary N) is 1. The van der Waals surface area contributed by atoms with E-state index >= 15 is 0 Å². The van der Waals surface area contributed by atoms with Gasteiger partial charge in [0, 0.05) is 36.7 Å². The van der Waals surface area contributed by atoms with Crippen LogP contribution in [-0.2, 0) is 4.79 Å². The average Bonchev–Trinajstić information content (AvgIpc) is 3.18. The summed E-state index contributed by atoms with van der Waals surface area (Å²) in [5.41, 5.74) is 1.75. The Hall–Kier alpha value is -2.74. The lowest BCUT2D eigenvalue weighted by atomic mass is 9.99. The lowest BCUT2D eigenvalue weighted by Gasteiger charge is -2.29. The Morgan fingerprint density at radius 3 is 3.07 bits per heavy atom. The molecule has 0 aromatic carbocycles. The third kappa shape index (κ3) is 4.48. The van der Waals surface area contributed by atoms with E-state index in [0.29, 0.717) is 6.54 Å². The van der Waals surface area contributed by atoms with Gasteiger partial charge in [-0.2, -0.15) is 0 Å². The Balaban J connectivity index is 1.50. The van der Waals surface area contributed by atoms with Crippen LogP contribution in [0.4, 0.5) is 10.9 Å². The van der Waals surface area contributed by atoms with Crippen molar-refractivity contribution < 1.29 is 9.90 Å². The standard InChI is InChI=1S/C21H25N5O2S/c1-14-8-9-23-21(2,11-14)25-18-7-3-6-16(24-18)17-12-22-20(29-17)26-10-4-5-15(13-26)19(27)28/h3,6-9,12,15H,4-5,10-11,13H2,1-2H3,(H,24,25)(H,27,28)/p+1. The molecule has 152 valence electrons. The van der Waals surface area contributed by atoms with Gasteiger partial charge >= 0.3 is 5.97 Å². The molecule has 0 spiro atoms. The van der Waals surface area contributed by atoms with Gasteiger partial charge in [0.15, 0.2) is 5.13 Å². The first kappa shape index (κ1) is 19.6. The van der Waals surface area contributed by atoms with E-state index in [1.54, 1.807) is 11.3 Å². The molecule has 2 atom stereocenters. The lowest BCUT2D eigenvalue weighted by Crippen LogP contribution is -2.38. The summed E-state index contributed by atoms with van der Waals surface area (Å²) in [5, 5.41) is 11.7. The van der Waals surface area contributed by atoms with Crippen molar-refractivity contribution in [2.24, 2.45) is 10.9 Å². The fraction of sp³-hybridized carbons (Fsp3) is 0.429. The summed E-state index contributed by atoms with van der Waals surface area (Å²) in [4.78, 5) is 28.5. The number of nitrogens with zero attached hydrogens (tertiary/aromatic N) is 4. The Labute approximate surface area is 174 Å². The predicted octanol–water partition coefficient (Wildman–Crippen LogP) is 3.22. The number of dihydropyridines is 1. The largest absolute Gasteiger partial charge is 0.564 e. The molecule has 2 aliphatic heterocycles. The smallest absolute Gasteiger partial charge is 0.520 e. The topological polar surface area (TPSA) is 93.4 Å². The molecule has 1 saturated heterocycles. The van der Waals surface area contributed by atoms with Crippen molar-refractivity contribution >= 4 is 34.5 Å². The molecule has 2 aromatic rings. The van der Waals surface area contributed by atoms with Crippen LogP contribution >= 0.6 is 11.3 Å². The van der Waals surface area contributed by atoms with Gasteiger partial charge < -0.3 is 15.3 Å². The van der Waals surface area contributed by atoms with E-state index in [0.717, 1.165) is 47.3 Å². The minimum Gasteiger partial charge on any atom is -0.564 e. The van der Waals surface area contributed by atoms with Gasteiger partial charge in [-0.1, -0.05) is 23.0 Å². The number of anilines is 2. The number of hydrogen-bond acceptors (Lipinski definition) is 7. The quantitative estimate of drug-likeness (QED) is 0.761. The van der Waals surface area contributed by atoms with Crippen LogP contribution in [0.15, 0.2) is 41.0 Å². The summed E-state index contributed by atoms with van der Waals surface area (Å²) in [7, 11) is 0. The molecule has 2 unspecified atom stereocenters. The summed E-state index contributed by atoms with van der Waals surface area (Å²) in [5.74, 6) is 0.0940. The molecule has 0 amide bonds. The number of aromatic nitrogens is 2. The number of carbonyl (C=O) groups excluding carboxylic acids is 1. The normalized spacial score (nSPS) is 24.3. The van der Waals surface area contributed by atoms with Crippen molar-refractivity contribution in [2.45, 2.75) is 38.8 Å². The second kappa shape index (κ2) is 7.94. The Morgan fingerprint density at radius 2 is 2.28 bits per heavy atom. The van der Waals surface area contributed by atoms with Crippen LogP contribution in [0.5, 0.6) is 0 Å². The van der Waals surface area contributed by atoms with Crippen molar-refractivity contribution in [3.63, 3.8) is 0 Å². The minimum absolute atomic E-state index is 0.212. The molecule has 2 aromatic heterocycles. The van der Waals surface area contributed by atoms with Gasteiger partial charge in [-0.3, -0.25) is 4.99 Å². The molecule has 2 aliphatic rings. The van der Waals surface area contributed by atoms with Crippen LogP contribution in [0.1, 0.15) is 33.1 Å². The zero-order valence-corrected chi connectivity index (χ0v) is 17.5. The van der Waals surface area contributed by atoms with Crippen LogP contribution in [0.25, 0.3) is 10.6 Å². The van der Waals surface area contributed by atoms with Gasteiger partial charge in [0.1, 0.15) is 17.4 Å². The van der Waals surface area contributed by atoms with Crippen LogP contribution < -0.4 is 10.2 Å². The number of aliphatic imine (C=N–C) groups is 1. The molecular formula is C21H26N5O2S+. The van der Waals surface area contributed by atoms with E-state index < -0.39 is 11.6 Å². The number of rotatable bonds is 5. The van der Waals surface area contributed by atoms with Crippen LogP contribution in [0.2, 0.25) is 0 Å². The first-order valence-electron chi connectivity index (χ1n) is 9.85. The summed E-state index contributed by atoms with van der Waals surface area (Å²) in [6.07, 6.45) is 8.26. The van der Waals surface area contributed by atoms with E-state index in [2.05, 4.69) is 34.0 Å². The zero-order chi connectivity index (χ0) is 20.4. The SMILES string of the molecule is CC1=CC=NC(C)(Nc2cccc(-c3cnc(N4CCCC(C(=O)[OH2+])C4)s3)n2)C1. The lowest BCUT2D eigenvalue weighted by molar-refractivity contribution is -0.141. The maximum absolute atomic E-state index is 11.4. The summed E-state index contributed by atoms with van der Waals surface area (Å²) >= 11 is 1.57. The van der Waals surface area contributed by atoms with Gasteiger partial charge in [-0.15, -0.1) is 0 Å². The molecule has 7 nitrogen and oxygen atoms in total. The van der Waals surface area contributed by atoms with E-state index in [1.165, 1.54) is 5.57 Å². The second-order valence-electron chi connectivity index (χ2n) is 7.93. The first-order chi connectivity index (χ1) is 13.9. The summed E-state index contributed by atoms with van der Waals surface area (Å²) in [6, 6.07) is 5.92. The highest BCUT2D eigenvalue weighted by molar-refractivity contribution is 7.18. The maximum Gasteiger partial charge on any atom is 0.520 e. The number of thiazole rings is 1. The molecule has 0 aliphatic carbocycles. The highest BCUT2D eigenvalue weighted by Crippen LogP contribution is 2.33. The van der Waals surface area contributed by atoms with E-state index in [4.69, 9.17) is 10.1 Å². The molecule has 29 heavy (non-hydrogen) atoms. The number of piperidine rings is 1. The number of carbonyl (C=O) groups is 1. The maximum atomic E-state index is 11.4. The minimum atomic E-state index is -0.476. The summed E-state index contributed by atoms with van der Waals surface area (Å²) in [6.45, 7) is 5.62. The molecule has 0 saturated carbocycles. The second-order valence-corrected chi connectivity index (χ2v) is 8.94. The van der Waals surface area contributed by atoms with Crippen LogP contribution in [0.3, 0.4) is 0 Å². The Morgan fingerprint density at radius 1 is 1.41 bits per heavy atom. The van der Waals surface area contributed by atoms with Gasteiger partial charge in [-0.25, -0.2) is 9.97 Å². The van der Waals surface area contributed by atoms with E-state index in [9.17, 15) is 4.79 Å². The zero-order valence-electron chi connectivity index (χ0n) is 16.7. The van der Waals surface area contributed by atoms with Crippen molar-refractivity contribution in [3.8, 4) is 10.6 Å². The van der Waals surface area contributed by atoms with Gasteiger partial charge in [0.2, 0.25) is 0 Å². The fourth-order valence-electron chi connectivity index (χ4n) is 3.86. The molecule has 0 bridgehead atoms. The predicted molar refractivity (Wildman–Crippen MR) is 118 cm³/mol. The highest BCUT2D eigenvalue weighted by Gasteiger charge is 2.32. The number of allylic oxidation sites excluding steroid dienone is 1. The van der Waals surface area contributed by atoms with E-state index in [-0.39, 0.29) is 5.92 Å². The average molecular weight is 413 g/mol. The van der Waals surface area contributed by atoms with Crippen molar-refractivity contribution in [3.05, 3.63) is 36.0 Å². The third-order valence-corrected chi connectivity index (χ3v) is 6.38. The Kier molecular flexibility index (Phi) is 5.36. The first-order valence-corrected chi connectivity index (χ1v) is 10.7. The van der Waals surface area contributed by atoms with Crippen LogP contribution in [0, 0.1) is 5.92 Å². The molecule has 1 fully saturated rings. The Bertz CT molecular complexity index is 969. The molecule has 3 N–H and O–H groups in total. The molecule has 0 radical (unpaired) electrons. The monoisotopic (exact) mass is 412 g/mol. The fourth-order valence-corrected chi connectivity index (χ4v) is 4.79. The van der Waals surface area contributed by atoms with Gasteiger partial charge in [0.05, 0.1) is 10.6 Å². The highest BCUT2D eigenvalue weighted by atomic mass is 32.1.